The van der Waals surface area contributed by atoms with E-state index in [0.717, 1.165) is 5.01 Å². The minimum atomic E-state index is 0.242. The lowest BCUT2D eigenvalue weighted by Crippen LogP contribution is -2.16. The SMILES string of the molecule is CNC(c1ccc(C)s1)c1nc(C(C)C)cs1. The van der Waals surface area contributed by atoms with E-state index in [1.165, 1.54) is 15.4 Å². The lowest BCUT2D eigenvalue weighted by atomic mass is 10.1. The van der Waals surface area contributed by atoms with Crippen molar-refractivity contribution >= 4 is 22.7 Å². The van der Waals surface area contributed by atoms with Gasteiger partial charge in [0.05, 0.1) is 11.7 Å². The fraction of sp³-hybridized carbons (Fsp3) is 0.462. The molecule has 1 N–H and O–H groups in total. The van der Waals surface area contributed by atoms with Gasteiger partial charge in [0.1, 0.15) is 5.01 Å². The van der Waals surface area contributed by atoms with Crippen molar-refractivity contribution in [3.63, 3.8) is 0 Å². The standard InChI is InChI=1S/C13H18N2S2/c1-8(2)10-7-16-13(15-10)12(14-4)11-6-5-9(3)17-11/h5-8,12,14H,1-4H3. The number of hydrogen-bond donors (Lipinski definition) is 1. The van der Waals surface area contributed by atoms with Crippen molar-refractivity contribution in [2.24, 2.45) is 0 Å². The summed E-state index contributed by atoms with van der Waals surface area (Å²) in [5.74, 6) is 0.502. The molecule has 0 radical (unpaired) electrons. The number of rotatable bonds is 4. The van der Waals surface area contributed by atoms with E-state index in [-0.39, 0.29) is 6.04 Å². The first-order valence-corrected chi connectivity index (χ1v) is 7.50. The van der Waals surface area contributed by atoms with Gasteiger partial charge in [-0.2, -0.15) is 0 Å². The summed E-state index contributed by atoms with van der Waals surface area (Å²) in [5, 5.41) is 6.69. The summed E-state index contributed by atoms with van der Waals surface area (Å²) in [6, 6.07) is 4.60. The average Bonchev–Trinajstić information content (AvgIpc) is 2.89. The molecule has 1 atom stereocenters. The van der Waals surface area contributed by atoms with E-state index in [1.807, 2.05) is 18.4 Å². The lowest BCUT2D eigenvalue weighted by molar-refractivity contribution is 0.689. The number of aromatic nitrogens is 1. The van der Waals surface area contributed by atoms with Gasteiger partial charge in [-0.1, -0.05) is 13.8 Å². The van der Waals surface area contributed by atoms with E-state index in [1.54, 1.807) is 11.3 Å². The van der Waals surface area contributed by atoms with E-state index in [4.69, 9.17) is 4.98 Å². The van der Waals surface area contributed by atoms with Gasteiger partial charge in [-0.15, -0.1) is 22.7 Å². The zero-order chi connectivity index (χ0) is 12.4. The molecular weight excluding hydrogens is 248 g/mol. The Labute approximate surface area is 111 Å². The van der Waals surface area contributed by atoms with E-state index in [2.05, 4.69) is 43.6 Å². The fourth-order valence-corrected chi connectivity index (χ4v) is 3.87. The maximum Gasteiger partial charge on any atom is 0.115 e. The average molecular weight is 266 g/mol. The van der Waals surface area contributed by atoms with Gasteiger partial charge in [0.2, 0.25) is 0 Å². The van der Waals surface area contributed by atoms with Crippen LogP contribution >= 0.6 is 22.7 Å². The normalized spacial score (nSPS) is 13.2. The molecule has 2 nitrogen and oxygen atoms in total. The molecule has 0 saturated heterocycles. The minimum absolute atomic E-state index is 0.242. The molecule has 0 aliphatic heterocycles. The summed E-state index contributed by atoms with van der Waals surface area (Å²) in [6.07, 6.45) is 0. The zero-order valence-corrected chi connectivity index (χ0v) is 12.3. The van der Waals surface area contributed by atoms with Gasteiger partial charge in [0.25, 0.3) is 0 Å². The van der Waals surface area contributed by atoms with Crippen LogP contribution in [0.1, 0.15) is 46.3 Å². The van der Waals surface area contributed by atoms with Gasteiger partial charge in [-0.3, -0.25) is 0 Å². The molecule has 4 heteroatoms. The molecule has 92 valence electrons. The van der Waals surface area contributed by atoms with Crippen LogP contribution in [0.25, 0.3) is 0 Å². The van der Waals surface area contributed by atoms with Crippen LogP contribution in [-0.4, -0.2) is 12.0 Å². The van der Waals surface area contributed by atoms with E-state index in [9.17, 15) is 0 Å². The minimum Gasteiger partial charge on any atom is -0.307 e. The second-order valence-electron chi connectivity index (χ2n) is 4.44. The van der Waals surface area contributed by atoms with Gasteiger partial charge in [-0.05, 0) is 32.0 Å². The Morgan fingerprint density at radius 2 is 2.06 bits per heavy atom. The topological polar surface area (TPSA) is 24.9 Å². The molecule has 0 fully saturated rings. The van der Waals surface area contributed by atoms with Crippen molar-refractivity contribution in [2.45, 2.75) is 32.7 Å². The first-order chi connectivity index (χ1) is 8.11. The van der Waals surface area contributed by atoms with Gasteiger partial charge < -0.3 is 5.32 Å². The highest BCUT2D eigenvalue weighted by Gasteiger charge is 2.18. The summed E-state index contributed by atoms with van der Waals surface area (Å²) in [5.41, 5.74) is 1.19. The molecule has 0 aromatic carbocycles. The smallest absolute Gasteiger partial charge is 0.115 e. The van der Waals surface area contributed by atoms with Crippen LogP contribution in [-0.2, 0) is 0 Å². The van der Waals surface area contributed by atoms with Crippen LogP contribution in [0, 0.1) is 6.92 Å². The highest BCUT2D eigenvalue weighted by Crippen LogP contribution is 2.31. The predicted molar refractivity (Wildman–Crippen MR) is 76.2 cm³/mol. The number of nitrogens with zero attached hydrogens (tertiary/aromatic N) is 1. The van der Waals surface area contributed by atoms with Crippen molar-refractivity contribution < 1.29 is 0 Å². The number of thiophene rings is 1. The summed E-state index contributed by atoms with van der Waals surface area (Å²) in [4.78, 5) is 7.42. The molecule has 2 heterocycles. The molecule has 1 unspecified atom stereocenters. The third-order valence-electron chi connectivity index (χ3n) is 2.71. The van der Waals surface area contributed by atoms with Crippen LogP contribution in [0.2, 0.25) is 0 Å². The van der Waals surface area contributed by atoms with Crippen LogP contribution in [0.4, 0.5) is 0 Å². The predicted octanol–water partition coefficient (Wildman–Crippen LogP) is 3.95. The third kappa shape index (κ3) is 2.76. The van der Waals surface area contributed by atoms with Gasteiger partial charge in [0, 0.05) is 15.1 Å². The van der Waals surface area contributed by atoms with Crippen molar-refractivity contribution in [1.82, 2.24) is 10.3 Å². The molecule has 0 aliphatic carbocycles. The molecular formula is C13H18N2S2. The van der Waals surface area contributed by atoms with Gasteiger partial charge in [-0.25, -0.2) is 4.98 Å². The van der Waals surface area contributed by atoms with E-state index in [0.29, 0.717) is 5.92 Å². The summed E-state index contributed by atoms with van der Waals surface area (Å²) in [7, 11) is 2.00. The Kier molecular flexibility index (Phi) is 3.97. The molecule has 0 spiro atoms. The van der Waals surface area contributed by atoms with Gasteiger partial charge >= 0.3 is 0 Å². The molecule has 17 heavy (non-hydrogen) atoms. The first kappa shape index (κ1) is 12.7. The summed E-state index contributed by atoms with van der Waals surface area (Å²) < 4.78 is 0. The lowest BCUT2D eigenvalue weighted by Gasteiger charge is -2.11. The monoisotopic (exact) mass is 266 g/mol. The number of thiazole rings is 1. The molecule has 2 aromatic rings. The highest BCUT2D eigenvalue weighted by atomic mass is 32.1. The second-order valence-corrected chi connectivity index (χ2v) is 6.64. The second kappa shape index (κ2) is 5.29. The molecule has 2 aromatic heterocycles. The van der Waals surface area contributed by atoms with Gasteiger partial charge in [0.15, 0.2) is 0 Å². The third-order valence-corrected chi connectivity index (χ3v) is 4.71. The largest absolute Gasteiger partial charge is 0.307 e. The first-order valence-electron chi connectivity index (χ1n) is 5.80. The van der Waals surface area contributed by atoms with Crippen molar-refractivity contribution in [3.8, 4) is 0 Å². The molecule has 2 rings (SSSR count). The van der Waals surface area contributed by atoms with Crippen LogP contribution in [0.3, 0.4) is 0 Å². The zero-order valence-electron chi connectivity index (χ0n) is 10.7. The van der Waals surface area contributed by atoms with Crippen LogP contribution in [0.15, 0.2) is 17.5 Å². The Morgan fingerprint density at radius 3 is 2.53 bits per heavy atom. The van der Waals surface area contributed by atoms with Crippen molar-refractivity contribution in [1.29, 1.82) is 0 Å². The molecule has 0 aliphatic rings. The summed E-state index contributed by atoms with van der Waals surface area (Å²) >= 11 is 3.58. The maximum absolute atomic E-state index is 4.73. The summed E-state index contributed by atoms with van der Waals surface area (Å²) in [6.45, 7) is 6.51. The number of nitrogens with one attached hydrogen (secondary N) is 1. The maximum atomic E-state index is 4.73. The fourth-order valence-electron chi connectivity index (χ4n) is 1.69. The van der Waals surface area contributed by atoms with Crippen molar-refractivity contribution in [2.75, 3.05) is 7.05 Å². The molecule has 0 amide bonds. The van der Waals surface area contributed by atoms with Crippen molar-refractivity contribution in [3.05, 3.63) is 38.0 Å². The van der Waals surface area contributed by atoms with Crippen LogP contribution < -0.4 is 5.32 Å². The van der Waals surface area contributed by atoms with Crippen LogP contribution in [0.5, 0.6) is 0 Å². The Bertz CT molecular complexity index is 485. The Morgan fingerprint density at radius 1 is 1.29 bits per heavy atom. The van der Waals surface area contributed by atoms with E-state index < -0.39 is 0 Å². The number of aryl methyl sites for hydroxylation is 1. The Hall–Kier alpha value is -0.710. The van der Waals surface area contributed by atoms with E-state index >= 15 is 0 Å². The molecule has 0 bridgehead atoms. The Balaban J connectivity index is 2.28. The quantitative estimate of drug-likeness (QED) is 0.906. The number of hydrogen-bond acceptors (Lipinski definition) is 4. The molecule has 0 saturated carbocycles. The highest BCUT2D eigenvalue weighted by molar-refractivity contribution is 7.12.